The quantitative estimate of drug-likeness (QED) is 0.880. The highest BCUT2D eigenvalue weighted by molar-refractivity contribution is 5.97. The molecule has 2 aromatic rings. The Morgan fingerprint density at radius 3 is 2.81 bits per heavy atom. The molecular weight excluding hydrogens is 344 g/mol. The lowest BCUT2D eigenvalue weighted by molar-refractivity contribution is -0.117. The van der Waals surface area contributed by atoms with Crippen molar-refractivity contribution in [1.29, 1.82) is 0 Å². The van der Waals surface area contributed by atoms with Crippen molar-refractivity contribution in [2.75, 3.05) is 23.9 Å². The summed E-state index contributed by atoms with van der Waals surface area (Å²) in [5, 5.41) is 4.85. The fraction of sp³-hybridized carbons (Fsp3) is 0.222. The molecule has 1 heterocycles. The van der Waals surface area contributed by atoms with Gasteiger partial charge in [-0.25, -0.2) is 13.6 Å². The maximum absolute atomic E-state index is 13.6. The van der Waals surface area contributed by atoms with Crippen LogP contribution in [0.15, 0.2) is 42.5 Å². The average molecular weight is 361 g/mol. The van der Waals surface area contributed by atoms with Crippen molar-refractivity contribution in [2.45, 2.75) is 12.5 Å². The summed E-state index contributed by atoms with van der Waals surface area (Å²) in [5.41, 5.74) is 0.395. The number of methoxy groups -OCH3 is 1. The summed E-state index contributed by atoms with van der Waals surface area (Å²) in [5.74, 6) is -0.949. The van der Waals surface area contributed by atoms with E-state index >= 15 is 0 Å². The fourth-order valence-electron chi connectivity index (χ4n) is 2.77. The Balaban J connectivity index is 1.63. The van der Waals surface area contributed by atoms with E-state index in [9.17, 15) is 18.4 Å². The predicted octanol–water partition coefficient (Wildman–Crippen LogP) is 2.90. The summed E-state index contributed by atoms with van der Waals surface area (Å²) in [6.07, 6.45) is 0.107. The van der Waals surface area contributed by atoms with E-state index in [1.807, 2.05) is 0 Å². The number of hydrogen-bond donors (Lipinski definition) is 2. The molecule has 26 heavy (non-hydrogen) atoms. The first-order chi connectivity index (χ1) is 12.5. The summed E-state index contributed by atoms with van der Waals surface area (Å²) < 4.78 is 31.9. The van der Waals surface area contributed by atoms with Gasteiger partial charge < -0.3 is 20.3 Å². The van der Waals surface area contributed by atoms with Gasteiger partial charge in [-0.3, -0.25) is 4.79 Å². The lowest BCUT2D eigenvalue weighted by Gasteiger charge is -2.18. The van der Waals surface area contributed by atoms with Crippen molar-refractivity contribution in [3.05, 3.63) is 54.1 Å². The predicted molar refractivity (Wildman–Crippen MR) is 92.3 cm³/mol. The smallest absolute Gasteiger partial charge is 0.319 e. The summed E-state index contributed by atoms with van der Waals surface area (Å²) in [4.78, 5) is 25.8. The van der Waals surface area contributed by atoms with Crippen molar-refractivity contribution in [3.8, 4) is 5.75 Å². The van der Waals surface area contributed by atoms with Crippen LogP contribution in [0.2, 0.25) is 0 Å². The molecule has 1 aliphatic heterocycles. The molecular formula is C18H17F2N3O3. The van der Waals surface area contributed by atoms with Gasteiger partial charge in [0.05, 0.1) is 18.8 Å². The number of urea groups is 1. The molecule has 2 N–H and O–H groups in total. The second-order valence-electron chi connectivity index (χ2n) is 5.83. The second-order valence-corrected chi connectivity index (χ2v) is 5.83. The number of hydrogen-bond acceptors (Lipinski definition) is 3. The third kappa shape index (κ3) is 3.90. The van der Waals surface area contributed by atoms with E-state index in [1.54, 1.807) is 24.3 Å². The first-order valence-corrected chi connectivity index (χ1v) is 7.93. The summed E-state index contributed by atoms with van der Waals surface area (Å²) in [6, 6.07) is 8.63. The van der Waals surface area contributed by atoms with Crippen molar-refractivity contribution in [1.82, 2.24) is 5.32 Å². The van der Waals surface area contributed by atoms with Gasteiger partial charge in [-0.1, -0.05) is 6.07 Å². The third-order valence-electron chi connectivity index (χ3n) is 4.00. The highest BCUT2D eigenvalue weighted by Crippen LogP contribution is 2.25. The Hall–Kier alpha value is -3.16. The van der Waals surface area contributed by atoms with Crippen LogP contribution in [0.4, 0.5) is 25.0 Å². The van der Waals surface area contributed by atoms with Gasteiger partial charge in [-0.05, 0) is 24.3 Å². The number of anilines is 2. The monoisotopic (exact) mass is 361 g/mol. The van der Waals surface area contributed by atoms with E-state index in [0.717, 1.165) is 18.2 Å². The Bertz CT molecular complexity index is 844. The molecule has 8 heteroatoms. The van der Waals surface area contributed by atoms with Crippen LogP contribution in [0.25, 0.3) is 0 Å². The maximum atomic E-state index is 13.6. The molecule has 6 nitrogen and oxygen atoms in total. The summed E-state index contributed by atoms with van der Waals surface area (Å²) in [6.45, 7) is 0.269. The van der Waals surface area contributed by atoms with Crippen molar-refractivity contribution in [2.24, 2.45) is 0 Å². The van der Waals surface area contributed by atoms with Crippen LogP contribution >= 0.6 is 0 Å². The number of rotatable bonds is 4. The van der Waals surface area contributed by atoms with Crippen molar-refractivity contribution in [3.63, 3.8) is 0 Å². The average Bonchev–Trinajstić information content (AvgIpc) is 2.98. The summed E-state index contributed by atoms with van der Waals surface area (Å²) >= 11 is 0. The van der Waals surface area contributed by atoms with E-state index < -0.39 is 23.7 Å². The molecule has 1 fully saturated rings. The number of amides is 3. The molecule has 1 saturated heterocycles. The van der Waals surface area contributed by atoms with Crippen LogP contribution in [-0.2, 0) is 4.79 Å². The molecule has 3 amide bonds. The Morgan fingerprint density at radius 2 is 2.04 bits per heavy atom. The van der Waals surface area contributed by atoms with Gasteiger partial charge in [0, 0.05) is 30.8 Å². The summed E-state index contributed by atoms with van der Waals surface area (Å²) in [7, 11) is 1.53. The van der Waals surface area contributed by atoms with Gasteiger partial charge in [-0.2, -0.15) is 0 Å². The molecule has 0 aromatic heterocycles. The van der Waals surface area contributed by atoms with Gasteiger partial charge in [0.15, 0.2) is 0 Å². The van der Waals surface area contributed by atoms with E-state index in [-0.39, 0.29) is 24.6 Å². The molecule has 1 aliphatic rings. The first-order valence-electron chi connectivity index (χ1n) is 7.93. The Morgan fingerprint density at radius 1 is 1.23 bits per heavy atom. The number of benzene rings is 2. The van der Waals surface area contributed by atoms with Gasteiger partial charge in [0.1, 0.15) is 17.4 Å². The number of carbonyl (C=O) groups excluding carboxylic acids is 2. The molecule has 0 spiro atoms. The highest BCUT2D eigenvalue weighted by atomic mass is 19.1. The molecule has 0 saturated carbocycles. The lowest BCUT2D eigenvalue weighted by atomic mass is 10.2. The lowest BCUT2D eigenvalue weighted by Crippen LogP contribution is -2.39. The molecule has 3 rings (SSSR count). The zero-order chi connectivity index (χ0) is 18.7. The normalized spacial score (nSPS) is 16.5. The van der Waals surface area contributed by atoms with E-state index in [1.165, 1.54) is 12.0 Å². The van der Waals surface area contributed by atoms with Gasteiger partial charge in [0.2, 0.25) is 5.91 Å². The van der Waals surface area contributed by atoms with Gasteiger partial charge in [0.25, 0.3) is 0 Å². The largest absolute Gasteiger partial charge is 0.497 e. The topological polar surface area (TPSA) is 70.7 Å². The van der Waals surface area contributed by atoms with Crippen LogP contribution in [0.5, 0.6) is 5.75 Å². The van der Waals surface area contributed by atoms with Crippen LogP contribution in [0.3, 0.4) is 0 Å². The molecule has 0 bridgehead atoms. The van der Waals surface area contributed by atoms with Crippen molar-refractivity contribution < 1.29 is 23.1 Å². The zero-order valence-corrected chi connectivity index (χ0v) is 14.0. The standard InChI is InChI=1S/C18H17F2N3O3/c1-26-14-4-2-3-13(9-14)23-10-12(8-17(23)24)21-18(25)22-16-7-11(19)5-6-15(16)20/h2-7,9,12H,8,10H2,1H3,(H2,21,22,25)/t12-/m1/s1. The molecule has 2 aromatic carbocycles. The Kier molecular flexibility index (Phi) is 5.01. The molecule has 1 atom stereocenters. The minimum Gasteiger partial charge on any atom is -0.497 e. The maximum Gasteiger partial charge on any atom is 0.319 e. The van der Waals surface area contributed by atoms with Crippen LogP contribution in [0.1, 0.15) is 6.42 Å². The molecule has 136 valence electrons. The van der Waals surface area contributed by atoms with E-state index in [0.29, 0.717) is 11.4 Å². The zero-order valence-electron chi connectivity index (χ0n) is 14.0. The minimum absolute atomic E-state index is 0.107. The number of nitrogens with zero attached hydrogens (tertiary/aromatic N) is 1. The number of carbonyl (C=O) groups is 2. The minimum atomic E-state index is -0.748. The molecule has 0 aliphatic carbocycles. The van der Waals surface area contributed by atoms with Crippen LogP contribution in [-0.4, -0.2) is 31.6 Å². The number of nitrogens with one attached hydrogen (secondary N) is 2. The SMILES string of the molecule is COc1cccc(N2C[C@H](NC(=O)Nc3cc(F)ccc3F)CC2=O)c1. The molecule has 0 unspecified atom stereocenters. The highest BCUT2D eigenvalue weighted by Gasteiger charge is 2.31. The van der Waals surface area contributed by atoms with E-state index in [2.05, 4.69) is 10.6 Å². The first kappa shape index (κ1) is 17.7. The van der Waals surface area contributed by atoms with Crippen LogP contribution in [0, 0.1) is 11.6 Å². The van der Waals surface area contributed by atoms with Gasteiger partial charge in [-0.15, -0.1) is 0 Å². The number of ether oxygens (including phenoxy) is 1. The fourth-order valence-corrected chi connectivity index (χ4v) is 2.77. The van der Waals surface area contributed by atoms with Crippen molar-refractivity contribution >= 4 is 23.3 Å². The van der Waals surface area contributed by atoms with E-state index in [4.69, 9.17) is 4.74 Å². The molecule has 0 radical (unpaired) electrons. The third-order valence-corrected chi connectivity index (χ3v) is 4.00. The number of halogens is 2. The Labute approximate surface area is 148 Å². The van der Waals surface area contributed by atoms with Gasteiger partial charge >= 0.3 is 6.03 Å². The van der Waals surface area contributed by atoms with Crippen LogP contribution < -0.4 is 20.3 Å². The second kappa shape index (κ2) is 7.38.